The number of benzene rings is 3. The molecule has 0 saturated carbocycles. The molecule has 0 N–H and O–H groups in total. The molecular formula is C23H14BrFN2O3. The van der Waals surface area contributed by atoms with E-state index < -0.39 is 17.3 Å². The van der Waals surface area contributed by atoms with Crippen molar-refractivity contribution in [3.05, 3.63) is 105 Å². The summed E-state index contributed by atoms with van der Waals surface area (Å²) in [5, 5.41) is 0.299. The van der Waals surface area contributed by atoms with Gasteiger partial charge in [-0.25, -0.2) is 14.2 Å². The fourth-order valence-electron chi connectivity index (χ4n) is 2.84. The van der Waals surface area contributed by atoms with Crippen LogP contribution in [0.25, 0.3) is 28.4 Å². The van der Waals surface area contributed by atoms with E-state index >= 15 is 0 Å². The van der Waals surface area contributed by atoms with Crippen LogP contribution in [-0.4, -0.2) is 15.7 Å². The van der Waals surface area contributed by atoms with Crippen LogP contribution in [0, 0.1) is 5.82 Å². The van der Waals surface area contributed by atoms with Crippen molar-refractivity contribution < 1.29 is 14.0 Å². The lowest BCUT2D eigenvalue weighted by Gasteiger charge is -2.12. The first-order valence-corrected chi connectivity index (χ1v) is 9.74. The van der Waals surface area contributed by atoms with Gasteiger partial charge in [-0.1, -0.05) is 40.2 Å². The molecule has 1 heterocycles. The number of hydrogen-bond acceptors (Lipinski definition) is 4. The van der Waals surface area contributed by atoms with Crippen LogP contribution in [0.3, 0.4) is 0 Å². The smallest absolute Gasteiger partial charge is 0.327 e. The summed E-state index contributed by atoms with van der Waals surface area (Å²) in [6, 6.07) is 19.5. The second kappa shape index (κ2) is 8.42. The van der Waals surface area contributed by atoms with Crippen molar-refractivity contribution in [2.75, 3.05) is 0 Å². The highest BCUT2D eigenvalue weighted by molar-refractivity contribution is 9.10. The summed E-state index contributed by atoms with van der Waals surface area (Å²) in [7, 11) is 0. The van der Waals surface area contributed by atoms with E-state index in [0.29, 0.717) is 16.5 Å². The fraction of sp³-hybridized carbons (Fsp3) is 0. The Morgan fingerprint density at radius 1 is 1.00 bits per heavy atom. The molecule has 0 radical (unpaired) electrons. The zero-order chi connectivity index (χ0) is 21.1. The van der Waals surface area contributed by atoms with Gasteiger partial charge in [-0.3, -0.25) is 4.79 Å². The largest absolute Gasteiger partial charge is 0.356 e. The van der Waals surface area contributed by atoms with Crippen molar-refractivity contribution in [2.45, 2.75) is 0 Å². The lowest BCUT2D eigenvalue weighted by atomic mass is 10.2. The van der Waals surface area contributed by atoms with E-state index in [0.717, 1.165) is 14.8 Å². The Kier molecular flexibility index (Phi) is 5.54. The average molecular weight is 465 g/mol. The fourth-order valence-corrected chi connectivity index (χ4v) is 3.11. The average Bonchev–Trinajstić information content (AvgIpc) is 2.76. The standard InChI is InChI=1S/C23H14BrFN2O3/c24-17-10-5-15(6-11-17)7-14-21(28)30-27-22(16-8-12-18(25)13-9-16)26-20-4-2-1-3-19(20)23(27)29/h1-14H/b14-7+. The van der Waals surface area contributed by atoms with Gasteiger partial charge in [0.1, 0.15) is 5.82 Å². The van der Waals surface area contributed by atoms with Crippen molar-refractivity contribution in [3.63, 3.8) is 0 Å². The molecule has 0 atom stereocenters. The molecule has 1 aromatic heterocycles. The van der Waals surface area contributed by atoms with Gasteiger partial charge in [0.15, 0.2) is 5.82 Å². The van der Waals surface area contributed by atoms with Crippen LogP contribution in [0.15, 0.2) is 88.1 Å². The van der Waals surface area contributed by atoms with Crippen LogP contribution in [0.2, 0.25) is 0 Å². The predicted molar refractivity (Wildman–Crippen MR) is 116 cm³/mol. The molecule has 4 aromatic rings. The Morgan fingerprint density at radius 3 is 2.43 bits per heavy atom. The molecule has 0 aliphatic carbocycles. The summed E-state index contributed by atoms with van der Waals surface area (Å²) in [6.45, 7) is 0. The number of para-hydroxylation sites is 1. The molecule has 4 rings (SSSR count). The van der Waals surface area contributed by atoms with E-state index in [4.69, 9.17) is 4.84 Å². The van der Waals surface area contributed by atoms with Gasteiger partial charge in [0.25, 0.3) is 5.56 Å². The third kappa shape index (κ3) is 4.21. The maximum Gasteiger partial charge on any atom is 0.356 e. The summed E-state index contributed by atoms with van der Waals surface area (Å²) in [6.07, 6.45) is 2.80. The summed E-state index contributed by atoms with van der Waals surface area (Å²) >= 11 is 3.35. The van der Waals surface area contributed by atoms with Gasteiger partial charge in [0, 0.05) is 16.1 Å². The molecule has 0 unspecified atom stereocenters. The van der Waals surface area contributed by atoms with Gasteiger partial charge in [0.05, 0.1) is 10.9 Å². The van der Waals surface area contributed by atoms with Gasteiger partial charge < -0.3 is 4.84 Å². The molecule has 0 aliphatic heterocycles. The van der Waals surface area contributed by atoms with Gasteiger partial charge >= 0.3 is 5.97 Å². The van der Waals surface area contributed by atoms with Crippen LogP contribution in [0.4, 0.5) is 4.39 Å². The Labute approximate surface area is 179 Å². The Hall–Kier alpha value is -3.58. The van der Waals surface area contributed by atoms with E-state index in [9.17, 15) is 14.0 Å². The molecule has 5 nitrogen and oxygen atoms in total. The molecule has 3 aromatic carbocycles. The van der Waals surface area contributed by atoms with Crippen LogP contribution >= 0.6 is 15.9 Å². The molecule has 148 valence electrons. The maximum absolute atomic E-state index is 13.3. The zero-order valence-electron chi connectivity index (χ0n) is 15.5. The molecule has 30 heavy (non-hydrogen) atoms. The van der Waals surface area contributed by atoms with E-state index in [1.165, 1.54) is 30.3 Å². The molecule has 0 amide bonds. The molecule has 0 aliphatic rings. The number of nitrogens with zero attached hydrogens (tertiary/aromatic N) is 2. The highest BCUT2D eigenvalue weighted by Gasteiger charge is 2.16. The maximum atomic E-state index is 13.3. The van der Waals surface area contributed by atoms with E-state index in [2.05, 4.69) is 20.9 Å². The van der Waals surface area contributed by atoms with Crippen molar-refractivity contribution in [1.29, 1.82) is 0 Å². The third-order valence-corrected chi connectivity index (χ3v) is 4.83. The zero-order valence-corrected chi connectivity index (χ0v) is 17.0. The quantitative estimate of drug-likeness (QED) is 0.413. The second-order valence-corrected chi connectivity index (χ2v) is 7.27. The number of fused-ring (bicyclic) bond motifs is 1. The molecule has 0 saturated heterocycles. The van der Waals surface area contributed by atoms with Crippen LogP contribution in [0.1, 0.15) is 5.56 Å². The summed E-state index contributed by atoms with van der Waals surface area (Å²) in [4.78, 5) is 35.2. The first kappa shape index (κ1) is 19.7. The second-order valence-electron chi connectivity index (χ2n) is 6.35. The minimum absolute atomic E-state index is 0.101. The number of aromatic nitrogens is 2. The molecule has 0 spiro atoms. The number of carbonyl (C=O) groups is 1. The highest BCUT2D eigenvalue weighted by Crippen LogP contribution is 2.19. The van der Waals surface area contributed by atoms with Crippen LogP contribution in [0.5, 0.6) is 0 Å². The van der Waals surface area contributed by atoms with Gasteiger partial charge in [-0.15, -0.1) is 4.73 Å². The van der Waals surface area contributed by atoms with Crippen molar-refractivity contribution >= 4 is 38.9 Å². The summed E-state index contributed by atoms with van der Waals surface area (Å²) in [5.74, 6) is -1.08. The SMILES string of the molecule is O=C(/C=C/c1ccc(Br)cc1)On1c(-c2ccc(F)cc2)nc2ccccc2c1=O. The normalized spacial score (nSPS) is 11.1. The van der Waals surface area contributed by atoms with E-state index in [-0.39, 0.29) is 5.82 Å². The highest BCUT2D eigenvalue weighted by atomic mass is 79.9. The van der Waals surface area contributed by atoms with Crippen molar-refractivity contribution in [3.8, 4) is 11.4 Å². The lowest BCUT2D eigenvalue weighted by Crippen LogP contribution is -2.32. The number of carbonyl (C=O) groups excluding carboxylic acids is 1. The minimum Gasteiger partial charge on any atom is -0.327 e. The number of hydrogen-bond donors (Lipinski definition) is 0. The third-order valence-electron chi connectivity index (χ3n) is 4.30. The number of rotatable bonds is 4. The van der Waals surface area contributed by atoms with E-state index in [1.807, 2.05) is 24.3 Å². The Balaban J connectivity index is 1.74. The molecule has 7 heteroatoms. The Bertz CT molecular complexity index is 1310. The first-order valence-electron chi connectivity index (χ1n) is 8.95. The minimum atomic E-state index is -0.750. The molecular weight excluding hydrogens is 451 g/mol. The van der Waals surface area contributed by atoms with Crippen LogP contribution < -0.4 is 10.4 Å². The lowest BCUT2D eigenvalue weighted by molar-refractivity contribution is -0.138. The first-order chi connectivity index (χ1) is 14.5. The Morgan fingerprint density at radius 2 is 1.70 bits per heavy atom. The van der Waals surface area contributed by atoms with Gasteiger partial charge in [0.2, 0.25) is 0 Å². The molecule has 0 bridgehead atoms. The predicted octanol–water partition coefficient (Wildman–Crippen LogP) is 4.63. The van der Waals surface area contributed by atoms with Crippen LogP contribution in [-0.2, 0) is 4.79 Å². The van der Waals surface area contributed by atoms with Crippen molar-refractivity contribution in [1.82, 2.24) is 9.71 Å². The van der Waals surface area contributed by atoms with Gasteiger partial charge in [-0.05, 0) is 60.2 Å². The van der Waals surface area contributed by atoms with E-state index in [1.54, 1.807) is 30.3 Å². The van der Waals surface area contributed by atoms with Gasteiger partial charge in [-0.2, -0.15) is 0 Å². The van der Waals surface area contributed by atoms with Crippen molar-refractivity contribution in [2.24, 2.45) is 0 Å². The number of halogens is 2. The topological polar surface area (TPSA) is 61.2 Å². The monoisotopic (exact) mass is 464 g/mol. The summed E-state index contributed by atoms with van der Waals surface area (Å²) in [5.41, 5.74) is 1.13. The molecule has 0 fully saturated rings. The summed E-state index contributed by atoms with van der Waals surface area (Å²) < 4.78 is 15.1.